The van der Waals surface area contributed by atoms with Crippen LogP contribution in [0.5, 0.6) is 0 Å². The number of methoxy groups -OCH3 is 1. The summed E-state index contributed by atoms with van der Waals surface area (Å²) in [6, 6.07) is 2.09. The topological polar surface area (TPSA) is 73.1 Å². The van der Waals surface area contributed by atoms with E-state index in [1.54, 1.807) is 13.2 Å². The Hall–Kier alpha value is -1.01. The van der Waals surface area contributed by atoms with Crippen molar-refractivity contribution in [3.8, 4) is 0 Å². The summed E-state index contributed by atoms with van der Waals surface area (Å²) in [6.45, 7) is 4.64. The number of nitrogens with zero attached hydrogens (tertiary/aromatic N) is 2. The van der Waals surface area contributed by atoms with Crippen LogP contribution in [0, 0.1) is 0 Å². The minimum Gasteiger partial charge on any atom is -0.384 e. The predicted octanol–water partition coefficient (Wildman–Crippen LogP) is 1.76. The molecule has 17 heavy (non-hydrogen) atoms. The van der Waals surface area contributed by atoms with Crippen LogP contribution < -0.4 is 11.1 Å². The molecule has 0 aliphatic carbocycles. The van der Waals surface area contributed by atoms with E-state index in [4.69, 9.17) is 10.5 Å². The third-order valence-electron chi connectivity index (χ3n) is 2.03. The highest BCUT2D eigenvalue weighted by atomic mass is 32.2. The van der Waals surface area contributed by atoms with Crippen LogP contribution in [0.3, 0.4) is 0 Å². The number of aromatic nitrogens is 2. The van der Waals surface area contributed by atoms with Gasteiger partial charge in [-0.2, -0.15) is 11.8 Å². The molecule has 1 heterocycles. The van der Waals surface area contributed by atoms with Crippen molar-refractivity contribution in [1.29, 1.82) is 0 Å². The highest BCUT2D eigenvalue weighted by Crippen LogP contribution is 2.12. The number of thioether (sulfide) groups is 1. The summed E-state index contributed by atoms with van der Waals surface area (Å²) >= 11 is 1.89. The maximum absolute atomic E-state index is 5.71. The first-order chi connectivity index (χ1) is 8.15. The average molecular weight is 256 g/mol. The number of ether oxygens (including phenoxy) is 1. The van der Waals surface area contributed by atoms with Crippen LogP contribution >= 0.6 is 11.8 Å². The molecule has 1 unspecified atom stereocenters. The molecule has 0 saturated heterocycles. The second kappa shape index (κ2) is 7.34. The van der Waals surface area contributed by atoms with Crippen molar-refractivity contribution in [1.82, 2.24) is 9.97 Å². The highest BCUT2D eigenvalue weighted by Gasteiger charge is 2.06. The number of anilines is 2. The quantitative estimate of drug-likeness (QED) is 0.774. The summed E-state index contributed by atoms with van der Waals surface area (Å²) in [5, 5.41) is 3.31. The van der Waals surface area contributed by atoms with Gasteiger partial charge in [0.2, 0.25) is 0 Å². The van der Waals surface area contributed by atoms with Gasteiger partial charge in [0.05, 0.1) is 0 Å². The van der Waals surface area contributed by atoms with Gasteiger partial charge in [0.25, 0.3) is 0 Å². The van der Waals surface area contributed by atoms with Crippen molar-refractivity contribution in [2.45, 2.75) is 26.5 Å². The molecular weight excluding hydrogens is 236 g/mol. The second-order valence-corrected chi connectivity index (χ2v) is 5.05. The van der Waals surface area contributed by atoms with E-state index in [1.165, 1.54) is 0 Å². The third kappa shape index (κ3) is 5.23. The Morgan fingerprint density at radius 1 is 1.53 bits per heavy atom. The molecule has 0 saturated carbocycles. The predicted molar refractivity (Wildman–Crippen MR) is 73.2 cm³/mol. The minimum absolute atomic E-state index is 0.352. The van der Waals surface area contributed by atoms with Crippen LogP contribution in [0.4, 0.5) is 11.6 Å². The zero-order chi connectivity index (χ0) is 12.7. The second-order valence-electron chi connectivity index (χ2n) is 3.73. The summed E-state index contributed by atoms with van der Waals surface area (Å²) < 4.78 is 5.00. The van der Waals surface area contributed by atoms with E-state index in [9.17, 15) is 0 Å². The Balaban J connectivity index is 2.63. The van der Waals surface area contributed by atoms with Gasteiger partial charge in [-0.05, 0) is 12.7 Å². The van der Waals surface area contributed by atoms with Crippen LogP contribution in [-0.2, 0) is 11.3 Å². The minimum atomic E-state index is 0.352. The van der Waals surface area contributed by atoms with Crippen molar-refractivity contribution in [3.05, 3.63) is 11.9 Å². The van der Waals surface area contributed by atoms with Gasteiger partial charge in [-0.3, -0.25) is 0 Å². The molecule has 1 aromatic heterocycles. The van der Waals surface area contributed by atoms with Gasteiger partial charge in [0.1, 0.15) is 18.2 Å². The first-order valence-electron chi connectivity index (χ1n) is 5.62. The largest absolute Gasteiger partial charge is 0.384 e. The SMILES string of the molecule is CCSCC(C)Nc1cc(N)nc(COC)n1. The molecular formula is C11H20N4OS. The monoisotopic (exact) mass is 256 g/mol. The average Bonchev–Trinajstić information content (AvgIpc) is 2.26. The van der Waals surface area contributed by atoms with Gasteiger partial charge in [-0.1, -0.05) is 6.92 Å². The van der Waals surface area contributed by atoms with Gasteiger partial charge < -0.3 is 15.8 Å². The van der Waals surface area contributed by atoms with E-state index < -0.39 is 0 Å². The van der Waals surface area contributed by atoms with Gasteiger partial charge in [0.15, 0.2) is 5.82 Å². The van der Waals surface area contributed by atoms with Gasteiger partial charge in [0, 0.05) is 25.0 Å². The highest BCUT2D eigenvalue weighted by molar-refractivity contribution is 7.99. The molecule has 0 fully saturated rings. The lowest BCUT2D eigenvalue weighted by Gasteiger charge is -2.14. The van der Waals surface area contributed by atoms with E-state index in [-0.39, 0.29) is 0 Å². The smallest absolute Gasteiger partial charge is 0.158 e. The molecule has 5 nitrogen and oxygen atoms in total. The maximum Gasteiger partial charge on any atom is 0.158 e. The Labute approximate surface area is 107 Å². The zero-order valence-electron chi connectivity index (χ0n) is 10.6. The Morgan fingerprint density at radius 2 is 2.29 bits per heavy atom. The number of nitrogens with two attached hydrogens (primary N) is 1. The molecule has 0 amide bonds. The first kappa shape index (κ1) is 14.1. The fourth-order valence-electron chi connectivity index (χ4n) is 1.37. The van der Waals surface area contributed by atoms with E-state index in [1.807, 2.05) is 11.8 Å². The summed E-state index contributed by atoms with van der Waals surface area (Å²) in [4.78, 5) is 8.42. The molecule has 1 rings (SSSR count). The number of nitrogen functional groups attached to an aromatic ring is 1. The Kier molecular flexibility index (Phi) is 6.07. The lowest BCUT2D eigenvalue weighted by Crippen LogP contribution is -2.19. The van der Waals surface area contributed by atoms with E-state index >= 15 is 0 Å². The van der Waals surface area contributed by atoms with Crippen molar-refractivity contribution < 1.29 is 4.74 Å². The lowest BCUT2D eigenvalue weighted by molar-refractivity contribution is 0.178. The summed E-state index contributed by atoms with van der Waals surface area (Å²) in [5.41, 5.74) is 5.71. The van der Waals surface area contributed by atoms with Crippen LogP contribution in [0.15, 0.2) is 6.07 Å². The third-order valence-corrected chi connectivity index (χ3v) is 3.18. The Bertz CT molecular complexity index is 348. The fraction of sp³-hybridized carbons (Fsp3) is 0.636. The standard InChI is InChI=1S/C11H20N4OS/c1-4-17-7-8(2)13-10-5-9(12)14-11(15-10)6-16-3/h5,8H,4,6-7H2,1-3H3,(H3,12,13,14,15). The molecule has 0 spiro atoms. The van der Waals surface area contributed by atoms with Gasteiger partial charge >= 0.3 is 0 Å². The summed E-state index contributed by atoms with van der Waals surface area (Å²) in [7, 11) is 1.61. The van der Waals surface area contributed by atoms with Crippen LogP contribution in [0.2, 0.25) is 0 Å². The van der Waals surface area contributed by atoms with Crippen LogP contribution in [0.25, 0.3) is 0 Å². The van der Waals surface area contributed by atoms with Gasteiger partial charge in [-0.15, -0.1) is 0 Å². The molecule has 0 radical (unpaired) electrons. The van der Waals surface area contributed by atoms with E-state index in [2.05, 4.69) is 29.1 Å². The number of rotatable bonds is 7. The zero-order valence-corrected chi connectivity index (χ0v) is 11.4. The van der Waals surface area contributed by atoms with Crippen molar-refractivity contribution in [2.75, 3.05) is 29.7 Å². The molecule has 0 aliphatic rings. The number of hydrogen-bond acceptors (Lipinski definition) is 6. The molecule has 0 bridgehead atoms. The molecule has 3 N–H and O–H groups in total. The van der Waals surface area contributed by atoms with Crippen molar-refractivity contribution in [3.63, 3.8) is 0 Å². The van der Waals surface area contributed by atoms with E-state index in [0.717, 1.165) is 17.3 Å². The first-order valence-corrected chi connectivity index (χ1v) is 6.77. The van der Waals surface area contributed by atoms with E-state index in [0.29, 0.717) is 24.3 Å². The lowest BCUT2D eigenvalue weighted by atomic mass is 10.4. The van der Waals surface area contributed by atoms with Crippen LogP contribution in [-0.4, -0.2) is 34.6 Å². The van der Waals surface area contributed by atoms with Crippen molar-refractivity contribution >= 4 is 23.4 Å². The Morgan fingerprint density at radius 3 is 2.94 bits per heavy atom. The molecule has 0 aliphatic heterocycles. The van der Waals surface area contributed by atoms with Crippen molar-refractivity contribution in [2.24, 2.45) is 0 Å². The maximum atomic E-state index is 5.71. The number of nitrogens with one attached hydrogen (secondary N) is 1. The molecule has 6 heteroatoms. The van der Waals surface area contributed by atoms with Crippen LogP contribution in [0.1, 0.15) is 19.7 Å². The van der Waals surface area contributed by atoms with Gasteiger partial charge in [-0.25, -0.2) is 9.97 Å². The summed E-state index contributed by atoms with van der Waals surface area (Å²) in [6.07, 6.45) is 0. The fourth-order valence-corrected chi connectivity index (χ4v) is 2.05. The number of hydrogen-bond donors (Lipinski definition) is 2. The molecule has 0 aromatic carbocycles. The molecule has 1 atom stereocenters. The molecule has 96 valence electrons. The normalized spacial score (nSPS) is 12.4. The molecule has 1 aromatic rings. The summed E-state index contributed by atoms with van der Waals surface area (Å²) in [5.74, 6) is 3.98.